The maximum atomic E-state index is 11.1. The second-order valence-corrected chi connectivity index (χ2v) is 7.26. The number of carbonyl (C=O) groups is 1. The van der Waals surface area contributed by atoms with Gasteiger partial charge in [-0.25, -0.2) is 4.79 Å². The molecule has 0 aliphatic carbocycles. The van der Waals surface area contributed by atoms with Crippen molar-refractivity contribution in [3.63, 3.8) is 0 Å². The molecule has 30 heavy (non-hydrogen) atoms. The Morgan fingerprint density at radius 2 is 1.83 bits per heavy atom. The Balaban J connectivity index is 1.69. The fraction of sp³-hybridized carbons (Fsp3) is 0.208. The highest BCUT2D eigenvalue weighted by Gasteiger charge is 2.09. The summed E-state index contributed by atoms with van der Waals surface area (Å²) in [5.74, 6) is 0.415. The number of ether oxygens (including phenoxy) is 2. The zero-order valence-electron chi connectivity index (χ0n) is 16.9. The molecule has 0 unspecified atom stereocenters. The molecule has 3 rings (SSSR count). The first-order valence-corrected chi connectivity index (χ1v) is 10.0. The van der Waals surface area contributed by atoms with E-state index in [-0.39, 0.29) is 5.56 Å². The lowest BCUT2D eigenvalue weighted by Crippen LogP contribution is -2.05. The molecule has 3 aromatic carbocycles. The number of halogens is 1. The number of rotatable bonds is 9. The largest absolute Gasteiger partial charge is 0.490 e. The molecule has 0 saturated heterocycles. The van der Waals surface area contributed by atoms with Gasteiger partial charge in [0, 0.05) is 17.3 Å². The van der Waals surface area contributed by atoms with Crippen molar-refractivity contribution in [1.82, 2.24) is 0 Å². The average Bonchev–Trinajstić information content (AvgIpc) is 2.72. The topological polar surface area (TPSA) is 67.8 Å². The SMILES string of the molecule is CCOc1cc(CNc2ccc(C(=O)O)cc2C)ccc1OCc1cccc(Cl)c1. The molecule has 0 fully saturated rings. The monoisotopic (exact) mass is 425 g/mol. The molecule has 0 bridgehead atoms. The van der Waals surface area contributed by atoms with Gasteiger partial charge >= 0.3 is 5.97 Å². The van der Waals surface area contributed by atoms with Gasteiger partial charge in [0.1, 0.15) is 6.61 Å². The van der Waals surface area contributed by atoms with Crippen LogP contribution >= 0.6 is 11.6 Å². The van der Waals surface area contributed by atoms with E-state index >= 15 is 0 Å². The van der Waals surface area contributed by atoms with E-state index in [1.165, 1.54) is 0 Å². The highest BCUT2D eigenvalue weighted by molar-refractivity contribution is 6.30. The zero-order valence-corrected chi connectivity index (χ0v) is 17.7. The summed E-state index contributed by atoms with van der Waals surface area (Å²) in [6.07, 6.45) is 0. The molecular formula is C24H24ClNO4. The molecule has 0 radical (unpaired) electrons. The molecular weight excluding hydrogens is 402 g/mol. The van der Waals surface area contributed by atoms with Gasteiger partial charge in [-0.1, -0.05) is 29.8 Å². The molecule has 5 nitrogen and oxygen atoms in total. The van der Waals surface area contributed by atoms with E-state index in [0.717, 1.165) is 22.4 Å². The van der Waals surface area contributed by atoms with Crippen molar-refractivity contribution in [2.75, 3.05) is 11.9 Å². The van der Waals surface area contributed by atoms with Crippen LogP contribution in [0.4, 0.5) is 5.69 Å². The molecule has 156 valence electrons. The number of anilines is 1. The van der Waals surface area contributed by atoms with E-state index in [9.17, 15) is 4.79 Å². The Morgan fingerprint density at radius 3 is 2.53 bits per heavy atom. The second kappa shape index (κ2) is 10.0. The van der Waals surface area contributed by atoms with E-state index in [1.807, 2.05) is 56.3 Å². The van der Waals surface area contributed by atoms with Gasteiger partial charge in [0.15, 0.2) is 11.5 Å². The van der Waals surface area contributed by atoms with Crippen LogP contribution in [0.15, 0.2) is 60.7 Å². The first kappa shape index (κ1) is 21.5. The molecule has 0 saturated carbocycles. The van der Waals surface area contributed by atoms with Crippen LogP contribution in [-0.4, -0.2) is 17.7 Å². The standard InChI is InChI=1S/C24H24ClNO4/c1-3-29-23-13-17(14-26-21-9-8-19(24(27)28)11-16(21)2)7-10-22(23)30-15-18-5-4-6-20(25)12-18/h4-13,26H,3,14-15H2,1-2H3,(H,27,28). The first-order chi connectivity index (χ1) is 14.5. The second-order valence-electron chi connectivity index (χ2n) is 6.82. The molecule has 0 aliphatic rings. The van der Waals surface area contributed by atoms with Crippen LogP contribution in [0.2, 0.25) is 5.02 Å². The van der Waals surface area contributed by atoms with E-state index < -0.39 is 5.97 Å². The van der Waals surface area contributed by atoms with Crippen LogP contribution in [0.25, 0.3) is 0 Å². The molecule has 0 aromatic heterocycles. The summed E-state index contributed by atoms with van der Waals surface area (Å²) in [6.45, 7) is 5.31. The van der Waals surface area contributed by atoms with Gasteiger partial charge in [-0.2, -0.15) is 0 Å². The fourth-order valence-electron chi connectivity index (χ4n) is 3.03. The van der Waals surface area contributed by atoms with Gasteiger partial charge < -0.3 is 19.9 Å². The number of hydrogen-bond acceptors (Lipinski definition) is 4. The lowest BCUT2D eigenvalue weighted by molar-refractivity contribution is 0.0697. The molecule has 0 heterocycles. The van der Waals surface area contributed by atoms with Crippen molar-refractivity contribution in [2.45, 2.75) is 27.0 Å². The minimum atomic E-state index is -0.931. The summed E-state index contributed by atoms with van der Waals surface area (Å²) in [6, 6.07) is 18.4. The number of carboxylic acids is 1. The summed E-state index contributed by atoms with van der Waals surface area (Å²) < 4.78 is 11.7. The number of benzene rings is 3. The average molecular weight is 426 g/mol. The summed E-state index contributed by atoms with van der Waals surface area (Å²) in [7, 11) is 0. The summed E-state index contributed by atoms with van der Waals surface area (Å²) in [5, 5.41) is 13.1. The van der Waals surface area contributed by atoms with Gasteiger partial charge in [-0.05, 0) is 73.0 Å². The molecule has 0 atom stereocenters. The highest BCUT2D eigenvalue weighted by atomic mass is 35.5. The number of nitrogens with one attached hydrogen (secondary N) is 1. The lowest BCUT2D eigenvalue weighted by Gasteiger charge is -2.15. The van der Waals surface area contributed by atoms with Crippen LogP contribution in [0.1, 0.15) is 34.0 Å². The van der Waals surface area contributed by atoms with Gasteiger partial charge in [0.2, 0.25) is 0 Å². The Labute approximate surface area is 181 Å². The third kappa shape index (κ3) is 5.67. The number of hydrogen-bond donors (Lipinski definition) is 2. The minimum Gasteiger partial charge on any atom is -0.490 e. The van der Waals surface area contributed by atoms with E-state index in [0.29, 0.717) is 36.3 Å². The van der Waals surface area contributed by atoms with Crippen LogP contribution in [0.3, 0.4) is 0 Å². The van der Waals surface area contributed by atoms with Crippen LogP contribution in [-0.2, 0) is 13.2 Å². The minimum absolute atomic E-state index is 0.276. The van der Waals surface area contributed by atoms with E-state index in [2.05, 4.69) is 5.32 Å². The van der Waals surface area contributed by atoms with Gasteiger partial charge in [0.05, 0.1) is 12.2 Å². The Bertz CT molecular complexity index is 1040. The normalized spacial score (nSPS) is 10.5. The summed E-state index contributed by atoms with van der Waals surface area (Å²) in [5.41, 5.74) is 4.05. The van der Waals surface area contributed by atoms with E-state index in [4.69, 9.17) is 26.2 Å². The highest BCUT2D eigenvalue weighted by Crippen LogP contribution is 2.30. The van der Waals surface area contributed by atoms with Crippen molar-refractivity contribution in [2.24, 2.45) is 0 Å². The van der Waals surface area contributed by atoms with Gasteiger partial charge in [-0.15, -0.1) is 0 Å². The molecule has 0 spiro atoms. The fourth-order valence-corrected chi connectivity index (χ4v) is 3.24. The van der Waals surface area contributed by atoms with Gasteiger partial charge in [-0.3, -0.25) is 0 Å². The van der Waals surface area contributed by atoms with Crippen molar-refractivity contribution in [1.29, 1.82) is 0 Å². The first-order valence-electron chi connectivity index (χ1n) is 9.67. The van der Waals surface area contributed by atoms with Crippen LogP contribution < -0.4 is 14.8 Å². The summed E-state index contributed by atoms with van der Waals surface area (Å²) >= 11 is 6.03. The maximum Gasteiger partial charge on any atom is 0.335 e. The van der Waals surface area contributed by atoms with E-state index in [1.54, 1.807) is 18.2 Å². The number of aryl methyl sites for hydroxylation is 1. The van der Waals surface area contributed by atoms with Crippen LogP contribution in [0, 0.1) is 6.92 Å². The molecule has 6 heteroatoms. The predicted octanol–water partition coefficient (Wildman–Crippen LogP) is 5.94. The van der Waals surface area contributed by atoms with Crippen molar-refractivity contribution < 1.29 is 19.4 Å². The molecule has 3 aromatic rings. The lowest BCUT2D eigenvalue weighted by atomic mass is 10.1. The maximum absolute atomic E-state index is 11.1. The Morgan fingerprint density at radius 1 is 1.00 bits per heavy atom. The summed E-state index contributed by atoms with van der Waals surface area (Å²) in [4.78, 5) is 11.1. The Hall–Kier alpha value is -3.18. The smallest absolute Gasteiger partial charge is 0.335 e. The quantitative estimate of drug-likeness (QED) is 0.444. The number of aromatic carboxylic acids is 1. The third-order valence-corrected chi connectivity index (χ3v) is 4.78. The predicted molar refractivity (Wildman–Crippen MR) is 119 cm³/mol. The molecule has 0 amide bonds. The van der Waals surface area contributed by atoms with Crippen LogP contribution in [0.5, 0.6) is 11.5 Å². The third-order valence-electron chi connectivity index (χ3n) is 4.55. The number of carboxylic acid groups (broad SMARTS) is 1. The van der Waals surface area contributed by atoms with Crippen molar-refractivity contribution in [3.8, 4) is 11.5 Å². The Kier molecular flexibility index (Phi) is 7.20. The zero-order chi connectivity index (χ0) is 21.5. The van der Waals surface area contributed by atoms with Crippen molar-refractivity contribution >= 4 is 23.3 Å². The molecule has 0 aliphatic heterocycles. The van der Waals surface area contributed by atoms with Gasteiger partial charge in [0.25, 0.3) is 0 Å². The van der Waals surface area contributed by atoms with Crippen molar-refractivity contribution in [3.05, 3.63) is 87.9 Å². The molecule has 2 N–H and O–H groups in total.